The lowest BCUT2D eigenvalue weighted by atomic mass is 10.2. The summed E-state index contributed by atoms with van der Waals surface area (Å²) in [7, 11) is 1.95. The van der Waals surface area contributed by atoms with E-state index in [0.717, 1.165) is 19.5 Å². The lowest BCUT2D eigenvalue weighted by Crippen LogP contribution is -2.18. The Balaban J connectivity index is 2.06. The highest BCUT2D eigenvalue weighted by molar-refractivity contribution is 5.03. The molecule has 3 nitrogen and oxygen atoms in total. The molecular weight excluding hydrogens is 162 g/mol. The summed E-state index contributed by atoms with van der Waals surface area (Å²) < 4.78 is 1.85. The molecule has 0 unspecified atom stereocenters. The quantitative estimate of drug-likeness (QED) is 0.671. The molecule has 1 N–H and O–H groups in total. The van der Waals surface area contributed by atoms with Crippen LogP contribution in [0.25, 0.3) is 0 Å². The first kappa shape index (κ1) is 10.3. The third kappa shape index (κ3) is 4.08. The second-order valence-electron chi connectivity index (χ2n) is 3.38. The lowest BCUT2D eigenvalue weighted by Gasteiger charge is -2.00. The monoisotopic (exact) mass is 181 g/mol. The van der Waals surface area contributed by atoms with E-state index in [1.54, 1.807) is 0 Å². The fraction of sp³-hybridized carbons (Fsp3) is 0.700. The van der Waals surface area contributed by atoms with E-state index < -0.39 is 0 Å². The minimum Gasteiger partial charge on any atom is -0.316 e. The number of aromatic nitrogens is 2. The Morgan fingerprint density at radius 1 is 1.46 bits per heavy atom. The fourth-order valence-electron chi connectivity index (χ4n) is 1.26. The summed E-state index contributed by atoms with van der Waals surface area (Å²) in [4.78, 5) is 0. The molecule has 0 amide bonds. The number of nitrogens with zero attached hydrogens (tertiary/aromatic N) is 2. The zero-order chi connectivity index (χ0) is 9.52. The van der Waals surface area contributed by atoms with Gasteiger partial charge >= 0.3 is 0 Å². The Labute approximate surface area is 80.1 Å². The molecule has 0 bridgehead atoms. The molecule has 13 heavy (non-hydrogen) atoms. The van der Waals surface area contributed by atoms with Gasteiger partial charge in [0.25, 0.3) is 0 Å². The van der Waals surface area contributed by atoms with Crippen LogP contribution in [0.5, 0.6) is 0 Å². The summed E-state index contributed by atoms with van der Waals surface area (Å²) in [5, 5.41) is 7.53. The van der Waals surface area contributed by atoms with Crippen LogP contribution in [-0.2, 0) is 13.5 Å². The second kappa shape index (κ2) is 5.75. The molecule has 1 aromatic heterocycles. The highest BCUT2D eigenvalue weighted by Crippen LogP contribution is 1.95. The van der Waals surface area contributed by atoms with Crippen LogP contribution in [0.2, 0.25) is 0 Å². The number of rotatable bonds is 6. The molecule has 0 radical (unpaired) electrons. The molecule has 0 aliphatic carbocycles. The molecule has 0 saturated heterocycles. The van der Waals surface area contributed by atoms with Crippen molar-refractivity contribution in [1.82, 2.24) is 15.1 Å². The van der Waals surface area contributed by atoms with Crippen LogP contribution < -0.4 is 5.32 Å². The highest BCUT2D eigenvalue weighted by atomic mass is 15.2. The number of nitrogens with one attached hydrogen (secondary N) is 1. The van der Waals surface area contributed by atoms with Crippen molar-refractivity contribution in [2.75, 3.05) is 13.1 Å². The minimum absolute atomic E-state index is 1.06. The van der Waals surface area contributed by atoms with Crippen molar-refractivity contribution in [3.8, 4) is 0 Å². The second-order valence-corrected chi connectivity index (χ2v) is 3.38. The number of hydrogen-bond donors (Lipinski definition) is 1. The van der Waals surface area contributed by atoms with Gasteiger partial charge in [-0.2, -0.15) is 5.10 Å². The molecule has 0 aliphatic heterocycles. The van der Waals surface area contributed by atoms with Crippen molar-refractivity contribution in [2.24, 2.45) is 7.05 Å². The van der Waals surface area contributed by atoms with Crippen molar-refractivity contribution < 1.29 is 0 Å². The zero-order valence-corrected chi connectivity index (χ0v) is 8.58. The molecule has 1 heterocycles. The lowest BCUT2D eigenvalue weighted by molar-refractivity contribution is 0.640. The van der Waals surface area contributed by atoms with Gasteiger partial charge in [-0.05, 0) is 31.5 Å². The van der Waals surface area contributed by atoms with Crippen LogP contribution in [0.15, 0.2) is 12.4 Å². The van der Waals surface area contributed by atoms with Crippen LogP contribution in [0.4, 0.5) is 0 Å². The smallest absolute Gasteiger partial charge is 0.0522 e. The van der Waals surface area contributed by atoms with Gasteiger partial charge in [-0.1, -0.05) is 13.3 Å². The first-order valence-corrected chi connectivity index (χ1v) is 5.01. The van der Waals surface area contributed by atoms with Crippen LogP contribution in [-0.4, -0.2) is 22.9 Å². The zero-order valence-electron chi connectivity index (χ0n) is 8.58. The molecule has 74 valence electrons. The van der Waals surface area contributed by atoms with Crippen LogP contribution in [0.3, 0.4) is 0 Å². The van der Waals surface area contributed by atoms with E-state index in [1.807, 2.05) is 17.9 Å². The van der Waals surface area contributed by atoms with Gasteiger partial charge in [-0.25, -0.2) is 0 Å². The fourth-order valence-corrected chi connectivity index (χ4v) is 1.26. The van der Waals surface area contributed by atoms with E-state index >= 15 is 0 Å². The van der Waals surface area contributed by atoms with Crippen molar-refractivity contribution in [3.63, 3.8) is 0 Å². The van der Waals surface area contributed by atoms with E-state index in [0.29, 0.717) is 0 Å². The summed E-state index contributed by atoms with van der Waals surface area (Å²) in [5.41, 5.74) is 1.31. The summed E-state index contributed by atoms with van der Waals surface area (Å²) in [6.07, 6.45) is 7.62. The largest absolute Gasteiger partial charge is 0.316 e. The third-order valence-electron chi connectivity index (χ3n) is 2.06. The highest BCUT2D eigenvalue weighted by Gasteiger charge is 1.94. The summed E-state index contributed by atoms with van der Waals surface area (Å²) in [5.74, 6) is 0. The predicted octanol–water partition coefficient (Wildman–Crippen LogP) is 1.35. The Morgan fingerprint density at radius 3 is 2.92 bits per heavy atom. The van der Waals surface area contributed by atoms with Crippen molar-refractivity contribution in [1.29, 1.82) is 0 Å². The van der Waals surface area contributed by atoms with Gasteiger partial charge in [0.15, 0.2) is 0 Å². The van der Waals surface area contributed by atoms with E-state index in [4.69, 9.17) is 0 Å². The minimum atomic E-state index is 1.06. The molecule has 0 atom stereocenters. The van der Waals surface area contributed by atoms with E-state index in [-0.39, 0.29) is 0 Å². The molecule has 0 fully saturated rings. The molecule has 0 aromatic carbocycles. The van der Waals surface area contributed by atoms with Crippen LogP contribution in [0, 0.1) is 0 Å². The Hall–Kier alpha value is -0.830. The maximum Gasteiger partial charge on any atom is 0.0522 e. The van der Waals surface area contributed by atoms with Gasteiger partial charge in [0, 0.05) is 13.2 Å². The Kier molecular flexibility index (Phi) is 4.54. The topological polar surface area (TPSA) is 29.9 Å². The molecule has 0 saturated carbocycles. The molecule has 1 aromatic rings. The molecular formula is C10H19N3. The number of unbranched alkanes of at least 4 members (excludes halogenated alkanes) is 1. The van der Waals surface area contributed by atoms with Gasteiger partial charge in [0.05, 0.1) is 6.20 Å². The summed E-state index contributed by atoms with van der Waals surface area (Å²) in [6, 6.07) is 0. The predicted molar refractivity (Wildman–Crippen MR) is 54.7 cm³/mol. The molecule has 0 spiro atoms. The molecule has 0 aliphatic rings. The maximum absolute atomic E-state index is 4.12. The van der Waals surface area contributed by atoms with Crippen LogP contribution >= 0.6 is 0 Å². The van der Waals surface area contributed by atoms with Gasteiger partial charge in [0.2, 0.25) is 0 Å². The van der Waals surface area contributed by atoms with Gasteiger partial charge in [0.1, 0.15) is 0 Å². The average molecular weight is 181 g/mol. The van der Waals surface area contributed by atoms with Gasteiger partial charge in [-0.15, -0.1) is 0 Å². The van der Waals surface area contributed by atoms with Crippen molar-refractivity contribution >= 4 is 0 Å². The number of aryl methyl sites for hydroxylation is 1. The maximum atomic E-state index is 4.12. The van der Waals surface area contributed by atoms with Crippen molar-refractivity contribution in [2.45, 2.75) is 26.2 Å². The van der Waals surface area contributed by atoms with E-state index in [1.165, 1.54) is 18.4 Å². The average Bonchev–Trinajstić information content (AvgIpc) is 2.51. The van der Waals surface area contributed by atoms with E-state index in [2.05, 4.69) is 23.5 Å². The first-order chi connectivity index (χ1) is 6.33. The Morgan fingerprint density at radius 2 is 2.31 bits per heavy atom. The summed E-state index contributed by atoms with van der Waals surface area (Å²) >= 11 is 0. The first-order valence-electron chi connectivity index (χ1n) is 5.01. The Bertz CT molecular complexity index is 230. The SMILES string of the molecule is CCCCNCCc1cnn(C)c1. The van der Waals surface area contributed by atoms with Crippen LogP contribution in [0.1, 0.15) is 25.3 Å². The standard InChI is InChI=1S/C10H19N3/c1-3-4-6-11-7-5-10-8-12-13(2)9-10/h8-9,11H,3-7H2,1-2H3. The van der Waals surface area contributed by atoms with Gasteiger partial charge < -0.3 is 5.32 Å². The van der Waals surface area contributed by atoms with Gasteiger partial charge in [-0.3, -0.25) is 4.68 Å². The number of hydrogen-bond acceptors (Lipinski definition) is 2. The molecule has 1 rings (SSSR count). The van der Waals surface area contributed by atoms with Crippen molar-refractivity contribution in [3.05, 3.63) is 18.0 Å². The summed E-state index contributed by atoms with van der Waals surface area (Å²) in [6.45, 7) is 4.41. The normalized spacial score (nSPS) is 10.6. The molecule has 3 heteroatoms. The van der Waals surface area contributed by atoms with E-state index in [9.17, 15) is 0 Å². The third-order valence-corrected chi connectivity index (χ3v) is 2.06.